The lowest BCUT2D eigenvalue weighted by atomic mass is 10.2. The quantitative estimate of drug-likeness (QED) is 0.549. The minimum Gasteiger partial charge on any atom is -0.462 e. The highest BCUT2D eigenvalue weighted by Gasteiger charge is 2.20. The second-order valence-electron chi connectivity index (χ2n) is 5.35. The molecule has 136 valence electrons. The molecule has 2 aromatic carbocycles. The van der Waals surface area contributed by atoms with Crippen molar-refractivity contribution in [2.75, 3.05) is 6.61 Å². The van der Waals surface area contributed by atoms with Crippen molar-refractivity contribution < 1.29 is 17.9 Å². The largest absolute Gasteiger partial charge is 0.462 e. The smallest absolute Gasteiger partial charge is 0.338 e. The van der Waals surface area contributed by atoms with E-state index in [1.807, 2.05) is 12.1 Å². The van der Waals surface area contributed by atoms with E-state index >= 15 is 0 Å². The molecule has 0 radical (unpaired) electrons. The molecular weight excluding hydrogens is 376 g/mol. The van der Waals surface area contributed by atoms with Crippen LogP contribution in [-0.2, 0) is 21.3 Å². The lowest BCUT2D eigenvalue weighted by Crippen LogP contribution is -2.24. The van der Waals surface area contributed by atoms with Crippen molar-refractivity contribution in [3.8, 4) is 6.07 Å². The van der Waals surface area contributed by atoms with Crippen LogP contribution in [0, 0.1) is 11.3 Å². The first-order valence-electron chi connectivity index (χ1n) is 7.81. The summed E-state index contributed by atoms with van der Waals surface area (Å²) < 4.78 is 32.5. The summed E-state index contributed by atoms with van der Waals surface area (Å²) in [6.45, 7) is 0.186. The zero-order chi connectivity index (χ0) is 19.0. The maximum atomic E-state index is 12.5. The molecule has 0 aliphatic heterocycles. The van der Waals surface area contributed by atoms with Crippen molar-refractivity contribution in [3.63, 3.8) is 0 Å². The monoisotopic (exact) mass is 392 g/mol. The minimum absolute atomic E-state index is 0.00610. The van der Waals surface area contributed by atoms with Crippen LogP contribution in [0.4, 0.5) is 0 Å². The van der Waals surface area contributed by atoms with Crippen LogP contribution in [0.5, 0.6) is 0 Å². The zero-order valence-electron chi connectivity index (χ0n) is 13.8. The van der Waals surface area contributed by atoms with Crippen LogP contribution in [0.25, 0.3) is 0 Å². The number of nitrogens with one attached hydrogen (secondary N) is 1. The number of unbranched alkanes of at least 4 members (excludes halogenated alkanes) is 1. The highest BCUT2D eigenvalue weighted by Crippen LogP contribution is 2.23. The molecule has 2 aromatic rings. The molecule has 2 rings (SSSR count). The molecule has 0 amide bonds. The van der Waals surface area contributed by atoms with E-state index in [0.717, 1.165) is 5.56 Å². The molecule has 0 fully saturated rings. The van der Waals surface area contributed by atoms with E-state index < -0.39 is 16.0 Å². The Morgan fingerprint density at radius 2 is 1.92 bits per heavy atom. The first-order chi connectivity index (χ1) is 12.4. The predicted molar refractivity (Wildman–Crippen MR) is 97.0 cm³/mol. The number of hydrogen-bond donors (Lipinski definition) is 1. The summed E-state index contributed by atoms with van der Waals surface area (Å²) in [5.74, 6) is -0.667. The molecule has 1 N–H and O–H groups in total. The van der Waals surface area contributed by atoms with Crippen LogP contribution in [-0.4, -0.2) is 21.0 Å². The van der Waals surface area contributed by atoms with Crippen LogP contribution in [0.15, 0.2) is 53.4 Å². The number of nitrogens with zero attached hydrogens (tertiary/aromatic N) is 1. The Hall–Kier alpha value is -2.40. The number of benzene rings is 2. The van der Waals surface area contributed by atoms with Gasteiger partial charge in [-0.1, -0.05) is 41.9 Å². The summed E-state index contributed by atoms with van der Waals surface area (Å²) in [5, 5.41) is 8.47. The third-order valence-electron chi connectivity index (χ3n) is 3.43. The third-order valence-corrected chi connectivity index (χ3v) is 5.31. The predicted octanol–water partition coefficient (Wildman–Crippen LogP) is 3.28. The van der Waals surface area contributed by atoms with Gasteiger partial charge in [0.2, 0.25) is 10.0 Å². The van der Waals surface area contributed by atoms with Crippen LogP contribution < -0.4 is 4.72 Å². The first-order valence-corrected chi connectivity index (χ1v) is 9.67. The number of sulfonamides is 1. The van der Waals surface area contributed by atoms with Gasteiger partial charge in [0.25, 0.3) is 0 Å². The number of nitriles is 1. The van der Waals surface area contributed by atoms with Crippen LogP contribution in [0.3, 0.4) is 0 Å². The van der Waals surface area contributed by atoms with Gasteiger partial charge in [0.05, 0.1) is 23.3 Å². The second-order valence-corrected chi connectivity index (χ2v) is 7.50. The van der Waals surface area contributed by atoms with Crippen molar-refractivity contribution >= 4 is 27.6 Å². The second kappa shape index (κ2) is 9.34. The molecule has 0 unspecified atom stereocenters. The fourth-order valence-corrected chi connectivity index (χ4v) is 3.63. The molecule has 6 nitrogen and oxygen atoms in total. The van der Waals surface area contributed by atoms with Gasteiger partial charge in [-0.2, -0.15) is 5.26 Å². The molecule has 0 aliphatic carbocycles. The molecule has 0 heterocycles. The summed E-state index contributed by atoms with van der Waals surface area (Å²) in [5.41, 5.74) is 0.867. The summed E-state index contributed by atoms with van der Waals surface area (Å²) in [7, 11) is -3.91. The Balaban J connectivity index is 2.12. The standard InChI is InChI=1S/C18H17ClN2O4S/c19-16-9-8-15(18(22)25-11-5-4-10-20)12-17(16)26(23,24)21-13-14-6-2-1-3-7-14/h1-3,6-9,12,21H,4-5,11,13H2. The number of carbonyl (C=O) groups is 1. The molecule has 8 heteroatoms. The van der Waals surface area contributed by atoms with E-state index in [2.05, 4.69) is 4.72 Å². The van der Waals surface area contributed by atoms with E-state index in [9.17, 15) is 13.2 Å². The van der Waals surface area contributed by atoms with Crippen LogP contribution in [0.2, 0.25) is 5.02 Å². The molecule has 0 bridgehead atoms. The molecule has 0 aliphatic rings. The summed E-state index contributed by atoms with van der Waals surface area (Å²) in [6, 6.07) is 14.9. The van der Waals surface area contributed by atoms with E-state index in [1.54, 1.807) is 24.3 Å². The lowest BCUT2D eigenvalue weighted by Gasteiger charge is -2.10. The maximum absolute atomic E-state index is 12.5. The summed E-state index contributed by atoms with van der Waals surface area (Å²) in [4.78, 5) is 11.8. The Morgan fingerprint density at radius 3 is 2.62 bits per heavy atom. The number of hydrogen-bond acceptors (Lipinski definition) is 5. The van der Waals surface area contributed by atoms with Crippen molar-refractivity contribution in [1.82, 2.24) is 4.72 Å². The van der Waals surface area contributed by atoms with E-state index in [4.69, 9.17) is 21.6 Å². The maximum Gasteiger partial charge on any atom is 0.338 e. The molecule has 0 aromatic heterocycles. The molecule has 0 saturated carbocycles. The fourth-order valence-electron chi connectivity index (χ4n) is 2.09. The average Bonchev–Trinajstić information content (AvgIpc) is 2.64. The van der Waals surface area contributed by atoms with Gasteiger partial charge >= 0.3 is 5.97 Å². The molecule has 26 heavy (non-hydrogen) atoms. The minimum atomic E-state index is -3.91. The highest BCUT2D eigenvalue weighted by molar-refractivity contribution is 7.89. The van der Waals surface area contributed by atoms with Gasteiger partial charge < -0.3 is 4.74 Å². The SMILES string of the molecule is N#CCCCOC(=O)c1ccc(Cl)c(S(=O)(=O)NCc2ccccc2)c1. The molecular formula is C18H17ClN2O4S. The summed E-state index contributed by atoms with van der Waals surface area (Å²) in [6.07, 6.45) is 0.691. The van der Waals surface area contributed by atoms with Crippen molar-refractivity contribution in [2.45, 2.75) is 24.3 Å². The lowest BCUT2D eigenvalue weighted by molar-refractivity contribution is 0.0501. The van der Waals surface area contributed by atoms with Crippen molar-refractivity contribution in [2.24, 2.45) is 0 Å². The van der Waals surface area contributed by atoms with Gasteiger partial charge in [0.15, 0.2) is 0 Å². The molecule has 0 spiro atoms. The normalized spacial score (nSPS) is 10.9. The van der Waals surface area contributed by atoms with Gasteiger partial charge in [0.1, 0.15) is 4.90 Å². The average molecular weight is 393 g/mol. The first kappa shape index (κ1) is 19.9. The van der Waals surface area contributed by atoms with Gasteiger partial charge in [-0.3, -0.25) is 0 Å². The van der Waals surface area contributed by atoms with Gasteiger partial charge in [-0.05, 0) is 30.2 Å². The van der Waals surface area contributed by atoms with Gasteiger partial charge in [0, 0.05) is 13.0 Å². The van der Waals surface area contributed by atoms with Gasteiger partial charge in [-0.25, -0.2) is 17.9 Å². The highest BCUT2D eigenvalue weighted by atomic mass is 35.5. The van der Waals surface area contributed by atoms with Gasteiger partial charge in [-0.15, -0.1) is 0 Å². The number of halogens is 1. The van der Waals surface area contributed by atoms with Crippen LogP contribution in [0.1, 0.15) is 28.8 Å². The van der Waals surface area contributed by atoms with Crippen molar-refractivity contribution in [1.29, 1.82) is 5.26 Å². The van der Waals surface area contributed by atoms with Crippen molar-refractivity contribution in [3.05, 3.63) is 64.7 Å². The number of esters is 1. The Bertz CT molecular complexity index is 909. The number of ether oxygens (including phenoxy) is 1. The van der Waals surface area contributed by atoms with E-state index in [0.29, 0.717) is 6.42 Å². The van der Waals surface area contributed by atoms with Crippen LogP contribution >= 0.6 is 11.6 Å². The third kappa shape index (κ3) is 5.56. The van der Waals surface area contributed by atoms with E-state index in [1.165, 1.54) is 18.2 Å². The number of carbonyl (C=O) groups excluding carboxylic acids is 1. The zero-order valence-corrected chi connectivity index (χ0v) is 15.4. The Kier molecular flexibility index (Phi) is 7.16. The topological polar surface area (TPSA) is 96.3 Å². The number of rotatable bonds is 8. The Labute approximate surface area is 157 Å². The molecule has 0 saturated heterocycles. The molecule has 0 atom stereocenters. The fraction of sp³-hybridized carbons (Fsp3) is 0.222. The summed E-state index contributed by atoms with van der Waals surface area (Å²) >= 11 is 6.01. The Morgan fingerprint density at radius 1 is 1.19 bits per heavy atom. The van der Waals surface area contributed by atoms with E-state index in [-0.39, 0.29) is 35.1 Å².